The summed E-state index contributed by atoms with van der Waals surface area (Å²) in [4.78, 5) is 0.251. The van der Waals surface area contributed by atoms with Crippen molar-refractivity contribution in [3.05, 3.63) is 27.7 Å². The van der Waals surface area contributed by atoms with Gasteiger partial charge in [-0.25, -0.2) is 8.42 Å². The average molecular weight is 382 g/mol. The first-order valence-corrected chi connectivity index (χ1v) is 9.17. The van der Waals surface area contributed by atoms with Crippen LogP contribution >= 0.6 is 27.5 Å². The number of sulfonamides is 1. The van der Waals surface area contributed by atoms with E-state index >= 15 is 0 Å². The maximum atomic E-state index is 12.8. The van der Waals surface area contributed by atoms with E-state index in [0.717, 1.165) is 19.3 Å². The second-order valence-corrected chi connectivity index (χ2v) is 8.27. The van der Waals surface area contributed by atoms with Crippen molar-refractivity contribution >= 4 is 37.6 Å². The van der Waals surface area contributed by atoms with Crippen molar-refractivity contribution in [2.75, 3.05) is 6.54 Å². The molecule has 2 atom stereocenters. The van der Waals surface area contributed by atoms with Gasteiger partial charge in [0.2, 0.25) is 10.0 Å². The molecule has 1 fully saturated rings. The largest absolute Gasteiger partial charge is 0.326 e. The minimum absolute atomic E-state index is 0.136. The van der Waals surface area contributed by atoms with Gasteiger partial charge in [0.25, 0.3) is 0 Å². The van der Waals surface area contributed by atoms with Gasteiger partial charge in [-0.3, -0.25) is 0 Å². The second-order valence-electron chi connectivity index (χ2n) is 5.11. The zero-order chi connectivity index (χ0) is 14.9. The zero-order valence-electron chi connectivity index (χ0n) is 11.2. The summed E-state index contributed by atoms with van der Waals surface area (Å²) in [5.74, 6) is 0. The first kappa shape index (κ1) is 16.2. The lowest BCUT2D eigenvalue weighted by molar-refractivity contribution is 0.227. The molecule has 4 nitrogen and oxygen atoms in total. The molecule has 2 N–H and O–H groups in total. The van der Waals surface area contributed by atoms with E-state index < -0.39 is 10.0 Å². The number of hydrogen-bond donors (Lipinski definition) is 1. The predicted molar refractivity (Wildman–Crippen MR) is 84.3 cm³/mol. The van der Waals surface area contributed by atoms with Crippen LogP contribution in [0, 0.1) is 0 Å². The number of piperidine rings is 1. The molecule has 0 bridgehead atoms. The van der Waals surface area contributed by atoms with Crippen LogP contribution in [0.5, 0.6) is 0 Å². The van der Waals surface area contributed by atoms with Crippen LogP contribution in [-0.4, -0.2) is 31.4 Å². The van der Waals surface area contributed by atoms with Crippen molar-refractivity contribution in [3.63, 3.8) is 0 Å². The lowest BCUT2D eigenvalue weighted by Crippen LogP contribution is -2.51. The third kappa shape index (κ3) is 3.20. The molecule has 1 aliphatic rings. The fourth-order valence-corrected chi connectivity index (χ4v) is 4.98. The third-order valence-electron chi connectivity index (χ3n) is 3.60. The van der Waals surface area contributed by atoms with Crippen molar-refractivity contribution in [1.29, 1.82) is 0 Å². The summed E-state index contributed by atoms with van der Waals surface area (Å²) in [5.41, 5.74) is 5.95. The Morgan fingerprint density at radius 1 is 1.45 bits per heavy atom. The molecule has 2 rings (SSSR count). The third-order valence-corrected chi connectivity index (χ3v) is 6.74. The van der Waals surface area contributed by atoms with Crippen LogP contribution in [0.4, 0.5) is 0 Å². The topological polar surface area (TPSA) is 63.4 Å². The molecule has 112 valence electrons. The van der Waals surface area contributed by atoms with Gasteiger partial charge in [0.15, 0.2) is 0 Å². The Hall–Kier alpha value is -0.140. The summed E-state index contributed by atoms with van der Waals surface area (Å²) in [5, 5.41) is 0.492. The normalized spacial score (nSPS) is 22.7. The average Bonchev–Trinajstić information content (AvgIpc) is 2.41. The van der Waals surface area contributed by atoms with Crippen LogP contribution < -0.4 is 5.73 Å². The van der Waals surface area contributed by atoms with Gasteiger partial charge in [-0.1, -0.05) is 18.0 Å². The van der Waals surface area contributed by atoms with E-state index in [1.54, 1.807) is 12.1 Å². The Balaban J connectivity index is 2.39. The van der Waals surface area contributed by atoms with Crippen LogP contribution in [0.15, 0.2) is 27.6 Å². The Kier molecular flexibility index (Phi) is 5.13. The predicted octanol–water partition coefficient (Wildman–Crippen LogP) is 2.99. The standard InChI is InChI=1S/C13H18BrClN2O2S/c1-9(16)13-4-2-3-7-17(13)20(18,19)10-5-6-12(15)11(14)8-10/h5-6,8-9,13H,2-4,7,16H2,1H3. The van der Waals surface area contributed by atoms with Gasteiger partial charge in [-0.15, -0.1) is 0 Å². The van der Waals surface area contributed by atoms with E-state index in [9.17, 15) is 8.42 Å². The van der Waals surface area contributed by atoms with Gasteiger partial charge in [-0.2, -0.15) is 4.31 Å². The van der Waals surface area contributed by atoms with E-state index in [0.29, 0.717) is 16.0 Å². The molecule has 0 saturated carbocycles. The van der Waals surface area contributed by atoms with Gasteiger partial charge in [-0.05, 0) is 53.9 Å². The van der Waals surface area contributed by atoms with E-state index in [1.807, 2.05) is 6.92 Å². The summed E-state index contributed by atoms with van der Waals surface area (Å²) >= 11 is 9.19. The molecule has 1 heterocycles. The molecule has 1 aromatic carbocycles. The Morgan fingerprint density at radius 2 is 2.15 bits per heavy atom. The SMILES string of the molecule is CC(N)C1CCCCN1S(=O)(=O)c1ccc(Cl)c(Br)c1. The van der Waals surface area contributed by atoms with Crippen LogP contribution in [0.1, 0.15) is 26.2 Å². The lowest BCUT2D eigenvalue weighted by Gasteiger charge is -2.36. The molecule has 20 heavy (non-hydrogen) atoms. The molecule has 1 aliphatic heterocycles. The van der Waals surface area contributed by atoms with Crippen LogP contribution in [0.25, 0.3) is 0 Å². The van der Waals surface area contributed by atoms with Crippen molar-refractivity contribution < 1.29 is 8.42 Å². The van der Waals surface area contributed by atoms with Crippen molar-refractivity contribution in [1.82, 2.24) is 4.31 Å². The first-order chi connectivity index (χ1) is 9.34. The Morgan fingerprint density at radius 3 is 2.75 bits per heavy atom. The second kappa shape index (κ2) is 6.32. The molecule has 0 radical (unpaired) electrons. The van der Waals surface area contributed by atoms with Crippen LogP contribution in [0.3, 0.4) is 0 Å². The van der Waals surface area contributed by atoms with Crippen LogP contribution in [-0.2, 0) is 10.0 Å². The monoisotopic (exact) mass is 380 g/mol. The highest BCUT2D eigenvalue weighted by Crippen LogP contribution is 2.30. The number of benzene rings is 1. The van der Waals surface area contributed by atoms with E-state index in [4.69, 9.17) is 17.3 Å². The Labute approximate surface area is 133 Å². The summed E-state index contributed by atoms with van der Waals surface area (Å²) < 4.78 is 27.7. The zero-order valence-corrected chi connectivity index (χ0v) is 14.4. The summed E-state index contributed by atoms with van der Waals surface area (Å²) in [7, 11) is -3.53. The molecular formula is C13H18BrClN2O2S. The summed E-state index contributed by atoms with van der Waals surface area (Å²) in [6.45, 7) is 2.38. The molecule has 0 spiro atoms. The number of halogens is 2. The summed E-state index contributed by atoms with van der Waals surface area (Å²) in [6.07, 6.45) is 2.70. The number of nitrogens with zero attached hydrogens (tertiary/aromatic N) is 1. The number of hydrogen-bond acceptors (Lipinski definition) is 3. The molecular weight excluding hydrogens is 364 g/mol. The molecule has 0 aliphatic carbocycles. The highest BCUT2D eigenvalue weighted by molar-refractivity contribution is 9.10. The van der Waals surface area contributed by atoms with Crippen molar-refractivity contribution in [2.45, 2.75) is 43.2 Å². The van der Waals surface area contributed by atoms with E-state index in [1.165, 1.54) is 10.4 Å². The molecule has 1 saturated heterocycles. The van der Waals surface area contributed by atoms with Crippen molar-refractivity contribution in [3.8, 4) is 0 Å². The highest BCUT2D eigenvalue weighted by Gasteiger charge is 2.35. The highest BCUT2D eigenvalue weighted by atomic mass is 79.9. The van der Waals surface area contributed by atoms with Gasteiger partial charge in [0, 0.05) is 23.1 Å². The minimum Gasteiger partial charge on any atom is -0.326 e. The van der Waals surface area contributed by atoms with Crippen molar-refractivity contribution in [2.24, 2.45) is 5.73 Å². The van der Waals surface area contributed by atoms with Gasteiger partial charge < -0.3 is 5.73 Å². The fourth-order valence-electron chi connectivity index (χ4n) is 2.53. The minimum atomic E-state index is -3.53. The Bertz CT molecular complexity index is 592. The van der Waals surface area contributed by atoms with Crippen LogP contribution in [0.2, 0.25) is 5.02 Å². The maximum Gasteiger partial charge on any atom is 0.243 e. The number of rotatable bonds is 3. The van der Waals surface area contributed by atoms with Gasteiger partial charge in [0.1, 0.15) is 0 Å². The van der Waals surface area contributed by atoms with E-state index in [2.05, 4.69) is 15.9 Å². The molecule has 0 aromatic heterocycles. The molecule has 2 unspecified atom stereocenters. The maximum absolute atomic E-state index is 12.8. The fraction of sp³-hybridized carbons (Fsp3) is 0.538. The van der Waals surface area contributed by atoms with E-state index in [-0.39, 0.29) is 17.0 Å². The quantitative estimate of drug-likeness (QED) is 0.875. The molecule has 1 aromatic rings. The number of nitrogens with two attached hydrogens (primary N) is 1. The first-order valence-electron chi connectivity index (χ1n) is 6.56. The van der Waals surface area contributed by atoms with Gasteiger partial charge >= 0.3 is 0 Å². The molecule has 7 heteroatoms. The molecule has 0 amide bonds. The van der Waals surface area contributed by atoms with Gasteiger partial charge in [0.05, 0.1) is 9.92 Å². The lowest BCUT2D eigenvalue weighted by atomic mass is 10.00. The summed E-state index contributed by atoms with van der Waals surface area (Å²) in [6, 6.07) is 4.35. The smallest absolute Gasteiger partial charge is 0.243 e.